The molecule has 2 unspecified atom stereocenters. The van der Waals surface area contributed by atoms with Crippen molar-refractivity contribution in [2.75, 3.05) is 0 Å². The summed E-state index contributed by atoms with van der Waals surface area (Å²) in [4.78, 5) is 4.53. The fraction of sp³-hybridized carbons (Fsp3) is 0.545. The Morgan fingerprint density at radius 3 is 1.97 bits per heavy atom. The smallest absolute Gasteiger partial charge is 0.0646 e. The maximum Gasteiger partial charge on any atom is 0.0646 e. The van der Waals surface area contributed by atoms with Crippen molar-refractivity contribution in [3.05, 3.63) is 65.9 Å². The first kappa shape index (κ1) is 30.0. The van der Waals surface area contributed by atoms with Crippen LogP contribution in [0.3, 0.4) is 0 Å². The molecule has 2 aliphatic carbocycles. The van der Waals surface area contributed by atoms with Crippen LogP contribution in [0.5, 0.6) is 0 Å². The van der Waals surface area contributed by atoms with Gasteiger partial charge in [-0.1, -0.05) is 84.7 Å². The number of hydrogen-bond acceptors (Lipinski definition) is 3. The van der Waals surface area contributed by atoms with Crippen molar-refractivity contribution in [1.29, 1.82) is 0 Å². The molecule has 2 atom stereocenters. The van der Waals surface area contributed by atoms with E-state index in [0.29, 0.717) is 5.92 Å². The average molecular weight is 679 g/mol. The number of rotatable bonds is 1. The normalized spacial score (nSPS) is 26.5. The molecule has 0 aliphatic heterocycles. The Balaban J connectivity index is 0.000000200. The zero-order chi connectivity index (χ0) is 26.1. The first-order chi connectivity index (χ1) is 17.0. The van der Waals surface area contributed by atoms with E-state index in [2.05, 4.69) is 89.0 Å². The largest absolute Gasteiger partial charge is 0.392 e. The van der Waals surface area contributed by atoms with Crippen molar-refractivity contribution in [3.8, 4) is 11.3 Å². The standard InChI is InChI=1S/C17H14N.C16H30O2.Ir/c1-12-7-13(2)9-16(8-12)17-10-14-5-3-4-6-15(14)11-18-17;1-15(2)9-5-7-11-8-6-10-16(3,4)14(18)12(11)13(15)17;/h3-8,10-11H,1-2H3;11-14,17-18H,5-10H2,1-4H3;/q-1;;. The van der Waals surface area contributed by atoms with Crippen molar-refractivity contribution >= 4 is 10.8 Å². The summed E-state index contributed by atoms with van der Waals surface area (Å²) < 4.78 is 0. The van der Waals surface area contributed by atoms with Crippen LogP contribution in [0.15, 0.2) is 48.7 Å². The zero-order valence-corrected chi connectivity index (χ0v) is 25.7. The molecule has 203 valence electrons. The third-order valence-corrected chi connectivity index (χ3v) is 8.72. The second-order valence-electron chi connectivity index (χ2n) is 12.7. The predicted octanol–water partition coefficient (Wildman–Crippen LogP) is 7.68. The molecule has 2 fully saturated rings. The summed E-state index contributed by atoms with van der Waals surface area (Å²) in [6.45, 7) is 12.8. The van der Waals surface area contributed by atoms with Crippen molar-refractivity contribution in [1.82, 2.24) is 4.98 Å². The van der Waals surface area contributed by atoms with Crippen molar-refractivity contribution in [3.63, 3.8) is 0 Å². The maximum absolute atomic E-state index is 10.8. The third-order valence-electron chi connectivity index (χ3n) is 8.72. The summed E-state index contributed by atoms with van der Waals surface area (Å²) in [5.41, 5.74) is 4.34. The first-order valence-electron chi connectivity index (χ1n) is 13.7. The van der Waals surface area contributed by atoms with Crippen molar-refractivity contribution < 1.29 is 30.3 Å². The molecule has 2 saturated carbocycles. The molecule has 0 spiro atoms. The first-order valence-corrected chi connectivity index (χ1v) is 13.7. The van der Waals surface area contributed by atoms with Gasteiger partial charge in [0.1, 0.15) is 0 Å². The summed E-state index contributed by atoms with van der Waals surface area (Å²) in [5.74, 6) is 0.582. The molecule has 5 rings (SSSR count). The number of hydrogen-bond donors (Lipinski definition) is 2. The molecule has 3 aromatic rings. The summed E-state index contributed by atoms with van der Waals surface area (Å²) in [5, 5.41) is 23.9. The molecular weight excluding hydrogens is 635 g/mol. The Hall–Kier alpha value is -1.58. The van der Waals surface area contributed by atoms with Crippen molar-refractivity contribution in [2.45, 2.75) is 92.3 Å². The van der Waals surface area contributed by atoms with E-state index in [1.54, 1.807) is 0 Å². The molecule has 2 aromatic carbocycles. The van der Waals surface area contributed by atoms with Gasteiger partial charge in [0, 0.05) is 32.2 Å². The number of benzene rings is 2. The molecule has 1 radical (unpaired) electrons. The van der Waals surface area contributed by atoms with E-state index in [4.69, 9.17) is 0 Å². The second-order valence-corrected chi connectivity index (χ2v) is 12.7. The quantitative estimate of drug-likeness (QED) is 0.260. The number of aliphatic hydroxyl groups is 2. The number of fused-ring (bicyclic) bond motifs is 2. The third kappa shape index (κ3) is 6.90. The van der Waals surface area contributed by atoms with Gasteiger partial charge in [0.25, 0.3) is 0 Å². The monoisotopic (exact) mass is 679 g/mol. The van der Waals surface area contributed by atoms with E-state index < -0.39 is 0 Å². The van der Waals surface area contributed by atoms with Crippen LogP contribution in [-0.2, 0) is 20.1 Å². The SMILES string of the molecule is CC1(C)CCCC2CCCC(C)(C)C(O)C2C1O.Cc1[c-]c(-c2cc3ccccc3cn2)cc(C)c1.[Ir]. The molecule has 0 amide bonds. The molecule has 1 heterocycles. The predicted molar refractivity (Wildman–Crippen MR) is 150 cm³/mol. The van der Waals surface area contributed by atoms with E-state index in [0.717, 1.165) is 29.7 Å². The Morgan fingerprint density at radius 2 is 1.41 bits per heavy atom. The Morgan fingerprint density at radius 1 is 0.838 bits per heavy atom. The minimum atomic E-state index is -0.364. The number of pyridine rings is 1. The fourth-order valence-corrected chi connectivity index (χ4v) is 6.46. The van der Waals surface area contributed by atoms with Gasteiger partial charge in [-0.3, -0.25) is 0 Å². The molecule has 4 heteroatoms. The van der Waals surface area contributed by atoms with Crippen LogP contribution < -0.4 is 0 Å². The van der Waals surface area contributed by atoms with Gasteiger partial charge in [0.15, 0.2) is 0 Å². The van der Waals surface area contributed by atoms with Gasteiger partial charge in [-0.25, -0.2) is 0 Å². The van der Waals surface area contributed by atoms with E-state index in [-0.39, 0.29) is 49.1 Å². The van der Waals surface area contributed by atoms with Gasteiger partial charge >= 0.3 is 0 Å². The van der Waals surface area contributed by atoms with Crippen LogP contribution in [0.25, 0.3) is 22.0 Å². The zero-order valence-electron chi connectivity index (χ0n) is 23.3. The molecule has 3 nitrogen and oxygen atoms in total. The number of aliphatic hydroxyl groups excluding tert-OH is 2. The fourth-order valence-electron chi connectivity index (χ4n) is 6.46. The summed E-state index contributed by atoms with van der Waals surface area (Å²) in [6, 6.07) is 18.0. The number of aromatic nitrogens is 1. The average Bonchev–Trinajstić information content (AvgIpc) is 3.00. The van der Waals surface area contributed by atoms with Crippen LogP contribution in [0.1, 0.15) is 77.3 Å². The van der Waals surface area contributed by atoms with Gasteiger partial charge < -0.3 is 15.2 Å². The second kappa shape index (κ2) is 12.1. The van der Waals surface area contributed by atoms with Crippen LogP contribution in [0.4, 0.5) is 0 Å². The molecule has 37 heavy (non-hydrogen) atoms. The Labute approximate surface area is 237 Å². The minimum Gasteiger partial charge on any atom is -0.392 e. The summed E-state index contributed by atoms with van der Waals surface area (Å²) >= 11 is 0. The topological polar surface area (TPSA) is 53.4 Å². The van der Waals surface area contributed by atoms with Crippen LogP contribution in [0, 0.1) is 42.6 Å². The van der Waals surface area contributed by atoms with Gasteiger partial charge in [-0.15, -0.1) is 34.9 Å². The summed E-state index contributed by atoms with van der Waals surface area (Å²) in [7, 11) is 0. The number of nitrogens with zero attached hydrogens (tertiary/aromatic N) is 1. The van der Waals surface area contributed by atoms with E-state index >= 15 is 0 Å². The van der Waals surface area contributed by atoms with Crippen LogP contribution in [0.2, 0.25) is 0 Å². The van der Waals surface area contributed by atoms with Gasteiger partial charge in [0.2, 0.25) is 0 Å². The molecule has 2 aliphatic rings. The molecule has 2 N–H and O–H groups in total. The van der Waals surface area contributed by atoms with Gasteiger partial charge in [-0.05, 0) is 58.9 Å². The maximum atomic E-state index is 10.8. The van der Waals surface area contributed by atoms with Crippen LogP contribution >= 0.6 is 0 Å². The van der Waals surface area contributed by atoms with Crippen LogP contribution in [-0.4, -0.2) is 27.4 Å². The summed E-state index contributed by atoms with van der Waals surface area (Å²) in [6.07, 6.45) is 8.10. The number of aryl methyl sites for hydroxylation is 2. The Bertz CT molecular complexity index is 1140. The van der Waals surface area contributed by atoms with Gasteiger partial charge in [0.05, 0.1) is 12.2 Å². The Kier molecular flexibility index (Phi) is 9.78. The van der Waals surface area contributed by atoms with E-state index in [1.165, 1.54) is 42.0 Å². The molecular formula is C33H44IrNO2-. The molecule has 1 aromatic heterocycles. The van der Waals surface area contributed by atoms with E-state index in [9.17, 15) is 10.2 Å². The molecule has 0 saturated heterocycles. The minimum absolute atomic E-state index is 0. The van der Waals surface area contributed by atoms with Crippen molar-refractivity contribution in [2.24, 2.45) is 22.7 Å². The van der Waals surface area contributed by atoms with Gasteiger partial charge in [-0.2, -0.15) is 0 Å². The molecule has 0 bridgehead atoms. The van der Waals surface area contributed by atoms with E-state index in [1.807, 2.05) is 12.3 Å².